The Balaban J connectivity index is 1.18. The summed E-state index contributed by atoms with van der Waals surface area (Å²) >= 11 is 1.52. The molecule has 0 saturated carbocycles. The van der Waals surface area contributed by atoms with Gasteiger partial charge in [0.05, 0.1) is 18.7 Å². The first-order valence-corrected chi connectivity index (χ1v) is 13.3. The van der Waals surface area contributed by atoms with Gasteiger partial charge in [0.1, 0.15) is 10.8 Å². The molecule has 8 nitrogen and oxygen atoms in total. The fourth-order valence-corrected chi connectivity index (χ4v) is 6.15. The van der Waals surface area contributed by atoms with Crippen molar-refractivity contribution in [1.82, 2.24) is 15.0 Å². The summed E-state index contributed by atoms with van der Waals surface area (Å²) in [5, 5.41) is 7.69. The number of nitrogens with zero attached hydrogens (tertiary/aromatic N) is 3. The third-order valence-electron chi connectivity index (χ3n) is 6.78. The van der Waals surface area contributed by atoms with E-state index >= 15 is 0 Å². The molecule has 2 aromatic heterocycles. The lowest BCUT2D eigenvalue weighted by Gasteiger charge is -2.30. The number of hydrogen-bond acceptors (Lipinski definition) is 8. The molecule has 10 heteroatoms. The van der Waals surface area contributed by atoms with Crippen LogP contribution in [0.15, 0.2) is 28.8 Å². The topological polar surface area (TPSA) is 97.6 Å². The van der Waals surface area contributed by atoms with Gasteiger partial charge in [-0.05, 0) is 88.4 Å². The van der Waals surface area contributed by atoms with E-state index in [1.54, 1.807) is 19.1 Å². The Morgan fingerprint density at radius 2 is 1.94 bits per heavy atom. The fraction of sp³-hybridized carbons (Fsp3) is 0.462. The van der Waals surface area contributed by atoms with E-state index in [4.69, 9.17) is 9.26 Å². The van der Waals surface area contributed by atoms with E-state index in [0.717, 1.165) is 44.3 Å². The van der Waals surface area contributed by atoms with Crippen LogP contribution in [0.4, 0.5) is 9.39 Å². The lowest BCUT2D eigenvalue weighted by molar-refractivity contribution is -0.121. The average molecular weight is 513 g/mol. The molecule has 5 rings (SSSR count). The number of hydrogen-bond donors (Lipinski definition) is 1. The minimum atomic E-state index is -0.346. The summed E-state index contributed by atoms with van der Waals surface area (Å²) in [5.41, 5.74) is 2.30. The number of aryl methyl sites for hydroxylation is 1. The molecule has 0 atom stereocenters. The second kappa shape index (κ2) is 10.9. The zero-order valence-electron chi connectivity index (χ0n) is 20.2. The van der Waals surface area contributed by atoms with E-state index in [0.29, 0.717) is 53.8 Å². The second-order valence-corrected chi connectivity index (χ2v) is 10.3. The van der Waals surface area contributed by atoms with Crippen LogP contribution in [0.25, 0.3) is 11.4 Å². The minimum absolute atomic E-state index is 0.0461. The molecule has 1 fully saturated rings. The molecule has 1 aromatic carbocycles. The van der Waals surface area contributed by atoms with Crippen molar-refractivity contribution in [1.29, 1.82) is 0 Å². The molecule has 1 aliphatic heterocycles. The quantitative estimate of drug-likeness (QED) is 0.452. The molecule has 1 N–H and O–H groups in total. The number of anilines is 1. The molecule has 0 spiro atoms. The number of likely N-dealkylation sites (tertiary alicyclic amines) is 1. The maximum Gasteiger partial charge on any atom is 0.341 e. The van der Waals surface area contributed by atoms with Crippen LogP contribution in [0.5, 0.6) is 0 Å². The highest BCUT2D eigenvalue weighted by Crippen LogP contribution is 2.39. The van der Waals surface area contributed by atoms with Crippen molar-refractivity contribution >= 4 is 28.2 Å². The average Bonchev–Trinajstić information content (AvgIpc) is 3.49. The van der Waals surface area contributed by atoms with Crippen LogP contribution in [-0.4, -0.2) is 46.6 Å². The number of fused-ring (bicyclic) bond motifs is 1. The Labute approximate surface area is 212 Å². The van der Waals surface area contributed by atoms with Gasteiger partial charge in [-0.2, -0.15) is 4.98 Å². The monoisotopic (exact) mass is 512 g/mol. The van der Waals surface area contributed by atoms with Crippen LogP contribution in [0, 0.1) is 11.7 Å². The van der Waals surface area contributed by atoms with Crippen molar-refractivity contribution < 1.29 is 23.2 Å². The van der Waals surface area contributed by atoms with Crippen molar-refractivity contribution in [2.75, 3.05) is 25.0 Å². The lowest BCUT2D eigenvalue weighted by Crippen LogP contribution is -2.37. The van der Waals surface area contributed by atoms with Crippen molar-refractivity contribution in [3.05, 3.63) is 52.0 Å². The molecule has 3 heterocycles. The van der Waals surface area contributed by atoms with E-state index in [1.807, 2.05) is 0 Å². The number of aromatic nitrogens is 2. The van der Waals surface area contributed by atoms with Crippen LogP contribution in [0.2, 0.25) is 0 Å². The third-order valence-corrected chi connectivity index (χ3v) is 7.98. The standard InChI is InChI=1S/C26H29FN4O4S/c1-2-34-26(33)22-19-5-3-4-6-20(19)36-25(22)29-24(32)17-11-13-31(14-12-17)15-21-28-23(30-35-21)16-7-9-18(27)10-8-16/h7-10,17H,2-6,11-15H2,1H3,(H,29,32). The van der Waals surface area contributed by atoms with Gasteiger partial charge in [-0.1, -0.05) is 5.16 Å². The number of rotatable bonds is 7. The normalized spacial score (nSPS) is 16.5. The largest absolute Gasteiger partial charge is 0.462 e. The van der Waals surface area contributed by atoms with E-state index in [-0.39, 0.29) is 23.6 Å². The summed E-state index contributed by atoms with van der Waals surface area (Å²) in [4.78, 5) is 33.6. The Bertz CT molecular complexity index is 1230. The van der Waals surface area contributed by atoms with Gasteiger partial charge < -0.3 is 14.6 Å². The fourth-order valence-electron chi connectivity index (χ4n) is 4.87. The first-order chi connectivity index (χ1) is 17.5. The number of ether oxygens (including phenoxy) is 1. The van der Waals surface area contributed by atoms with Crippen LogP contribution in [0.3, 0.4) is 0 Å². The van der Waals surface area contributed by atoms with Crippen molar-refractivity contribution in [3.63, 3.8) is 0 Å². The summed E-state index contributed by atoms with van der Waals surface area (Å²) in [5.74, 6) is 0.0746. The molecule has 0 bridgehead atoms. The summed E-state index contributed by atoms with van der Waals surface area (Å²) in [6.07, 6.45) is 5.35. The van der Waals surface area contributed by atoms with Gasteiger partial charge >= 0.3 is 5.97 Å². The number of piperidine rings is 1. The van der Waals surface area contributed by atoms with Gasteiger partial charge in [0.2, 0.25) is 17.6 Å². The van der Waals surface area contributed by atoms with Crippen molar-refractivity contribution in [2.24, 2.45) is 5.92 Å². The van der Waals surface area contributed by atoms with Crippen LogP contribution >= 0.6 is 11.3 Å². The molecule has 1 aliphatic carbocycles. The smallest absolute Gasteiger partial charge is 0.341 e. The molecule has 0 unspecified atom stereocenters. The molecule has 36 heavy (non-hydrogen) atoms. The maximum atomic E-state index is 13.1. The molecular weight excluding hydrogens is 483 g/mol. The van der Waals surface area contributed by atoms with E-state index in [2.05, 4.69) is 20.4 Å². The number of carbonyl (C=O) groups excluding carboxylic acids is 2. The van der Waals surface area contributed by atoms with Gasteiger partial charge in [-0.25, -0.2) is 9.18 Å². The zero-order chi connectivity index (χ0) is 25.1. The molecule has 1 saturated heterocycles. The summed E-state index contributed by atoms with van der Waals surface area (Å²) in [6.45, 7) is 4.03. The Kier molecular flexibility index (Phi) is 7.43. The second-order valence-electron chi connectivity index (χ2n) is 9.19. The third kappa shape index (κ3) is 5.34. The number of carbonyl (C=O) groups is 2. The summed E-state index contributed by atoms with van der Waals surface area (Å²) in [6, 6.07) is 5.96. The van der Waals surface area contributed by atoms with Gasteiger partial charge in [0, 0.05) is 16.4 Å². The summed E-state index contributed by atoms with van der Waals surface area (Å²) in [7, 11) is 0. The van der Waals surface area contributed by atoms with Crippen LogP contribution < -0.4 is 5.32 Å². The Hall–Kier alpha value is -3.11. The first-order valence-electron chi connectivity index (χ1n) is 12.4. The molecule has 1 amide bonds. The molecular formula is C26H29FN4O4S. The highest BCUT2D eigenvalue weighted by atomic mass is 32.1. The van der Waals surface area contributed by atoms with Crippen molar-refractivity contribution in [3.8, 4) is 11.4 Å². The highest BCUT2D eigenvalue weighted by Gasteiger charge is 2.30. The van der Waals surface area contributed by atoms with Gasteiger partial charge in [-0.15, -0.1) is 11.3 Å². The predicted molar refractivity (Wildman–Crippen MR) is 133 cm³/mol. The Morgan fingerprint density at radius 3 is 2.69 bits per heavy atom. The van der Waals surface area contributed by atoms with Crippen LogP contribution in [0.1, 0.15) is 59.3 Å². The predicted octanol–water partition coefficient (Wildman–Crippen LogP) is 4.84. The van der Waals surface area contributed by atoms with Gasteiger partial charge in [0.15, 0.2) is 0 Å². The number of thiophene rings is 1. The van der Waals surface area contributed by atoms with E-state index < -0.39 is 0 Å². The molecule has 3 aromatic rings. The number of nitrogens with one attached hydrogen (secondary N) is 1. The number of esters is 1. The van der Waals surface area contributed by atoms with E-state index in [9.17, 15) is 14.0 Å². The highest BCUT2D eigenvalue weighted by molar-refractivity contribution is 7.17. The zero-order valence-corrected chi connectivity index (χ0v) is 21.0. The van der Waals surface area contributed by atoms with Crippen molar-refractivity contribution in [2.45, 2.75) is 52.0 Å². The summed E-state index contributed by atoms with van der Waals surface area (Å²) < 4.78 is 23.8. The SMILES string of the molecule is CCOC(=O)c1c(NC(=O)C2CCN(Cc3nc(-c4ccc(F)cc4)no3)CC2)sc2c1CCCC2. The molecule has 190 valence electrons. The number of amides is 1. The number of halogens is 1. The van der Waals surface area contributed by atoms with Gasteiger partial charge in [-0.3, -0.25) is 9.69 Å². The Morgan fingerprint density at radius 1 is 1.19 bits per heavy atom. The van der Waals surface area contributed by atoms with Crippen LogP contribution in [-0.2, 0) is 28.9 Å². The molecule has 2 aliphatic rings. The first kappa shape index (κ1) is 24.6. The van der Waals surface area contributed by atoms with Gasteiger partial charge in [0.25, 0.3) is 0 Å². The minimum Gasteiger partial charge on any atom is -0.462 e. The lowest BCUT2D eigenvalue weighted by atomic mass is 9.94. The number of benzene rings is 1. The maximum absolute atomic E-state index is 13.1. The molecule has 0 radical (unpaired) electrons. The van der Waals surface area contributed by atoms with E-state index in [1.165, 1.54) is 28.3 Å².